The van der Waals surface area contributed by atoms with E-state index in [9.17, 15) is 14.9 Å². The lowest BCUT2D eigenvalue weighted by atomic mass is 10.2. The predicted molar refractivity (Wildman–Crippen MR) is 51.9 cm³/mol. The normalized spacial score (nSPS) is 9.73. The van der Waals surface area contributed by atoms with E-state index in [4.69, 9.17) is 11.6 Å². The number of carbonyl (C=O) groups excluding carboxylic acids is 1. The molecule has 1 aromatic rings. The van der Waals surface area contributed by atoms with E-state index in [1.165, 1.54) is 0 Å². The maximum absolute atomic E-state index is 11.3. The van der Waals surface area contributed by atoms with Crippen LogP contribution in [0.4, 0.5) is 5.69 Å². The lowest BCUT2D eigenvalue weighted by molar-refractivity contribution is -0.385. The number of hydrogen-bond donors (Lipinski definition) is 0. The van der Waals surface area contributed by atoms with E-state index in [1.807, 2.05) is 0 Å². The standard InChI is InChI=1S/C8H7ClN2O4/c1-2-15-8(12)5-3-10-4-6(9)7(5)11(13)14/h3-4H,2H2,1H3. The maximum Gasteiger partial charge on any atom is 0.346 e. The number of nitro groups is 1. The van der Waals surface area contributed by atoms with Crippen LogP contribution in [0.15, 0.2) is 12.4 Å². The van der Waals surface area contributed by atoms with Gasteiger partial charge in [-0.15, -0.1) is 0 Å². The Labute approximate surface area is 90.0 Å². The number of carbonyl (C=O) groups is 1. The van der Waals surface area contributed by atoms with Crippen LogP contribution in [-0.2, 0) is 4.74 Å². The van der Waals surface area contributed by atoms with Crippen LogP contribution in [0.2, 0.25) is 5.02 Å². The molecule has 1 rings (SSSR count). The quantitative estimate of drug-likeness (QED) is 0.449. The Morgan fingerprint density at radius 2 is 2.33 bits per heavy atom. The van der Waals surface area contributed by atoms with Gasteiger partial charge in [0.1, 0.15) is 5.02 Å². The summed E-state index contributed by atoms with van der Waals surface area (Å²) in [5, 5.41) is 10.4. The second-order valence-electron chi connectivity index (χ2n) is 2.50. The average Bonchev–Trinajstić information content (AvgIpc) is 2.17. The Balaban J connectivity index is 3.23. The van der Waals surface area contributed by atoms with Gasteiger partial charge >= 0.3 is 11.7 Å². The molecule has 1 aromatic heterocycles. The molecule has 80 valence electrons. The highest BCUT2D eigenvalue weighted by atomic mass is 35.5. The van der Waals surface area contributed by atoms with Crippen LogP contribution in [0.1, 0.15) is 17.3 Å². The fourth-order valence-corrected chi connectivity index (χ4v) is 1.20. The monoisotopic (exact) mass is 230 g/mol. The van der Waals surface area contributed by atoms with E-state index < -0.39 is 16.6 Å². The molecular weight excluding hydrogens is 224 g/mol. The zero-order chi connectivity index (χ0) is 11.4. The molecule has 0 aliphatic rings. The summed E-state index contributed by atoms with van der Waals surface area (Å²) < 4.78 is 4.63. The fraction of sp³-hybridized carbons (Fsp3) is 0.250. The van der Waals surface area contributed by atoms with Crippen molar-refractivity contribution in [2.75, 3.05) is 6.61 Å². The zero-order valence-electron chi connectivity index (χ0n) is 7.77. The van der Waals surface area contributed by atoms with Crippen LogP contribution in [0, 0.1) is 10.1 Å². The third kappa shape index (κ3) is 2.41. The highest BCUT2D eigenvalue weighted by Crippen LogP contribution is 2.27. The molecule has 6 nitrogen and oxygen atoms in total. The molecule has 15 heavy (non-hydrogen) atoms. The van der Waals surface area contributed by atoms with E-state index in [1.54, 1.807) is 6.92 Å². The van der Waals surface area contributed by atoms with Gasteiger partial charge in [0.15, 0.2) is 5.56 Å². The molecule has 0 unspecified atom stereocenters. The molecule has 0 radical (unpaired) electrons. The predicted octanol–water partition coefficient (Wildman–Crippen LogP) is 1.82. The molecule has 0 saturated carbocycles. The number of ether oxygens (including phenoxy) is 1. The van der Waals surface area contributed by atoms with Gasteiger partial charge in [0.05, 0.1) is 17.7 Å². The molecule has 0 saturated heterocycles. The van der Waals surface area contributed by atoms with E-state index in [0.717, 1.165) is 12.4 Å². The van der Waals surface area contributed by atoms with Crippen LogP contribution in [0.3, 0.4) is 0 Å². The Bertz CT molecular complexity index is 408. The number of hydrogen-bond acceptors (Lipinski definition) is 5. The third-order valence-electron chi connectivity index (χ3n) is 1.55. The summed E-state index contributed by atoms with van der Waals surface area (Å²) in [6.45, 7) is 1.73. The van der Waals surface area contributed by atoms with Crippen molar-refractivity contribution in [3.05, 3.63) is 33.1 Å². The van der Waals surface area contributed by atoms with Crippen molar-refractivity contribution >= 4 is 23.3 Å². The Kier molecular flexibility index (Phi) is 3.56. The van der Waals surface area contributed by atoms with Crippen LogP contribution in [-0.4, -0.2) is 22.5 Å². The summed E-state index contributed by atoms with van der Waals surface area (Å²) >= 11 is 5.56. The fourth-order valence-electron chi connectivity index (χ4n) is 0.972. The first-order valence-electron chi connectivity index (χ1n) is 4.03. The van der Waals surface area contributed by atoms with Crippen molar-refractivity contribution in [2.24, 2.45) is 0 Å². The van der Waals surface area contributed by atoms with Crippen molar-refractivity contribution in [1.82, 2.24) is 4.98 Å². The largest absolute Gasteiger partial charge is 0.462 e. The van der Waals surface area contributed by atoms with Crippen LogP contribution >= 0.6 is 11.6 Å². The van der Waals surface area contributed by atoms with Crippen LogP contribution in [0.5, 0.6) is 0 Å². The van der Waals surface area contributed by atoms with Crippen molar-refractivity contribution in [3.63, 3.8) is 0 Å². The minimum Gasteiger partial charge on any atom is -0.462 e. The molecule has 0 spiro atoms. The SMILES string of the molecule is CCOC(=O)c1cncc(Cl)c1[N+](=O)[O-]. The first-order chi connectivity index (χ1) is 7.07. The first kappa shape index (κ1) is 11.4. The van der Waals surface area contributed by atoms with Crippen molar-refractivity contribution < 1.29 is 14.5 Å². The number of rotatable bonds is 3. The molecule has 0 aromatic carbocycles. The number of pyridine rings is 1. The van der Waals surface area contributed by atoms with Gasteiger partial charge in [-0.25, -0.2) is 4.79 Å². The maximum atomic E-state index is 11.3. The topological polar surface area (TPSA) is 82.3 Å². The number of esters is 1. The summed E-state index contributed by atoms with van der Waals surface area (Å²) in [7, 11) is 0. The molecular formula is C8H7ClN2O4. The first-order valence-corrected chi connectivity index (χ1v) is 4.40. The van der Waals surface area contributed by atoms with Crippen molar-refractivity contribution in [1.29, 1.82) is 0 Å². The van der Waals surface area contributed by atoms with E-state index >= 15 is 0 Å². The summed E-state index contributed by atoms with van der Waals surface area (Å²) in [6, 6.07) is 0. The van der Waals surface area contributed by atoms with Gasteiger partial charge in [0, 0.05) is 6.20 Å². The van der Waals surface area contributed by atoms with E-state index in [2.05, 4.69) is 9.72 Å². The van der Waals surface area contributed by atoms with Gasteiger partial charge in [-0.3, -0.25) is 15.1 Å². The van der Waals surface area contributed by atoms with Crippen molar-refractivity contribution in [3.8, 4) is 0 Å². The van der Waals surface area contributed by atoms with Crippen LogP contribution < -0.4 is 0 Å². The summed E-state index contributed by atoms with van der Waals surface area (Å²) in [6.07, 6.45) is 2.16. The summed E-state index contributed by atoms with van der Waals surface area (Å²) in [4.78, 5) is 24.8. The Hall–Kier alpha value is -1.69. The van der Waals surface area contributed by atoms with Gasteiger partial charge in [-0.1, -0.05) is 11.6 Å². The molecule has 0 aliphatic carbocycles. The van der Waals surface area contributed by atoms with Gasteiger partial charge in [-0.2, -0.15) is 0 Å². The number of aromatic nitrogens is 1. The van der Waals surface area contributed by atoms with Gasteiger partial charge < -0.3 is 4.74 Å². The number of nitrogens with zero attached hydrogens (tertiary/aromatic N) is 2. The summed E-state index contributed by atoms with van der Waals surface area (Å²) in [5.74, 6) is -0.806. The molecule has 0 atom stereocenters. The second-order valence-corrected chi connectivity index (χ2v) is 2.90. The lowest BCUT2D eigenvalue weighted by Gasteiger charge is -2.02. The Morgan fingerprint density at radius 3 is 2.87 bits per heavy atom. The summed E-state index contributed by atoms with van der Waals surface area (Å²) in [5.41, 5.74) is -0.723. The average molecular weight is 231 g/mol. The molecule has 1 heterocycles. The molecule has 0 N–H and O–H groups in total. The zero-order valence-corrected chi connectivity index (χ0v) is 8.52. The number of halogens is 1. The van der Waals surface area contributed by atoms with Crippen molar-refractivity contribution in [2.45, 2.75) is 6.92 Å². The minimum atomic E-state index is -0.806. The molecule has 0 bridgehead atoms. The second kappa shape index (κ2) is 4.70. The molecule has 0 fully saturated rings. The van der Waals surface area contributed by atoms with Gasteiger partial charge in [0.2, 0.25) is 0 Å². The minimum absolute atomic E-state index is 0.127. The van der Waals surface area contributed by atoms with Crippen LogP contribution in [0.25, 0.3) is 0 Å². The third-order valence-corrected chi connectivity index (χ3v) is 1.83. The van der Waals surface area contributed by atoms with Gasteiger partial charge in [-0.05, 0) is 6.92 Å². The Morgan fingerprint density at radius 1 is 1.67 bits per heavy atom. The van der Waals surface area contributed by atoms with E-state index in [0.29, 0.717) is 0 Å². The molecule has 0 amide bonds. The lowest BCUT2D eigenvalue weighted by Crippen LogP contribution is -2.08. The van der Waals surface area contributed by atoms with E-state index in [-0.39, 0.29) is 17.2 Å². The highest BCUT2D eigenvalue weighted by Gasteiger charge is 2.25. The molecule has 0 aliphatic heterocycles. The highest BCUT2D eigenvalue weighted by molar-refractivity contribution is 6.33. The molecule has 7 heteroatoms. The van der Waals surface area contributed by atoms with Gasteiger partial charge in [0.25, 0.3) is 0 Å². The smallest absolute Gasteiger partial charge is 0.346 e.